The fraction of sp³-hybridized carbons (Fsp3) is 0.400. The maximum absolute atomic E-state index is 5.80. The summed E-state index contributed by atoms with van der Waals surface area (Å²) in [7, 11) is 0. The van der Waals surface area contributed by atoms with Gasteiger partial charge in [0.05, 0.1) is 13.2 Å². The number of hydrogen-bond acceptors (Lipinski definition) is 3. The van der Waals surface area contributed by atoms with Crippen LogP contribution in [0, 0.1) is 0 Å². The fourth-order valence-electron chi connectivity index (χ4n) is 2.23. The van der Waals surface area contributed by atoms with Gasteiger partial charge in [-0.1, -0.05) is 44.5 Å². The van der Waals surface area contributed by atoms with Crippen molar-refractivity contribution in [2.75, 3.05) is 18.5 Å². The first-order valence-corrected chi connectivity index (χ1v) is 8.51. The van der Waals surface area contributed by atoms with Crippen molar-refractivity contribution in [3.63, 3.8) is 0 Å². The van der Waals surface area contributed by atoms with Gasteiger partial charge in [-0.25, -0.2) is 0 Å². The molecule has 0 unspecified atom stereocenters. The van der Waals surface area contributed by atoms with Gasteiger partial charge in [0, 0.05) is 23.9 Å². The van der Waals surface area contributed by atoms with Gasteiger partial charge in [-0.15, -0.1) is 0 Å². The Morgan fingerprint density at radius 1 is 0.870 bits per heavy atom. The van der Waals surface area contributed by atoms with Crippen LogP contribution in [0.25, 0.3) is 0 Å². The standard InChI is InChI=1S/C20H27NO2/c1-3-5-14-22-19-11-8-10-18(15-19)21-16-17-9-6-7-12-20(17)23-13-4-2/h6-12,15,21H,3-5,13-14,16H2,1-2H3. The van der Waals surface area contributed by atoms with Gasteiger partial charge in [0.2, 0.25) is 0 Å². The Labute approximate surface area is 139 Å². The number of benzene rings is 2. The molecule has 0 aliphatic heterocycles. The third kappa shape index (κ3) is 5.85. The third-order valence-electron chi connectivity index (χ3n) is 3.52. The van der Waals surface area contributed by atoms with Gasteiger partial charge in [0.15, 0.2) is 0 Å². The van der Waals surface area contributed by atoms with Crippen molar-refractivity contribution < 1.29 is 9.47 Å². The van der Waals surface area contributed by atoms with Gasteiger partial charge < -0.3 is 14.8 Å². The summed E-state index contributed by atoms with van der Waals surface area (Å²) in [5.41, 5.74) is 2.22. The van der Waals surface area contributed by atoms with Crippen molar-refractivity contribution in [1.29, 1.82) is 0 Å². The van der Waals surface area contributed by atoms with E-state index in [9.17, 15) is 0 Å². The molecule has 0 saturated heterocycles. The molecule has 23 heavy (non-hydrogen) atoms. The van der Waals surface area contributed by atoms with E-state index in [1.165, 1.54) is 5.56 Å². The molecule has 2 aromatic carbocycles. The van der Waals surface area contributed by atoms with E-state index >= 15 is 0 Å². The second-order valence-electron chi connectivity index (χ2n) is 5.54. The highest BCUT2D eigenvalue weighted by Gasteiger charge is 2.03. The summed E-state index contributed by atoms with van der Waals surface area (Å²) >= 11 is 0. The van der Waals surface area contributed by atoms with Crippen molar-refractivity contribution in [2.24, 2.45) is 0 Å². The predicted molar refractivity (Wildman–Crippen MR) is 96.4 cm³/mol. The second-order valence-corrected chi connectivity index (χ2v) is 5.54. The molecule has 0 heterocycles. The van der Waals surface area contributed by atoms with Crippen LogP contribution in [-0.2, 0) is 6.54 Å². The van der Waals surface area contributed by atoms with Gasteiger partial charge >= 0.3 is 0 Å². The van der Waals surface area contributed by atoms with E-state index in [4.69, 9.17) is 9.47 Å². The van der Waals surface area contributed by atoms with Crippen LogP contribution in [0.5, 0.6) is 11.5 Å². The highest BCUT2D eigenvalue weighted by molar-refractivity contribution is 5.49. The highest BCUT2D eigenvalue weighted by Crippen LogP contribution is 2.22. The zero-order chi connectivity index (χ0) is 16.3. The molecule has 2 rings (SSSR count). The highest BCUT2D eigenvalue weighted by atomic mass is 16.5. The Hall–Kier alpha value is -2.16. The number of hydrogen-bond donors (Lipinski definition) is 1. The number of rotatable bonds is 10. The minimum absolute atomic E-state index is 0.734. The first kappa shape index (κ1) is 17.2. The van der Waals surface area contributed by atoms with Crippen LogP contribution < -0.4 is 14.8 Å². The van der Waals surface area contributed by atoms with Crippen molar-refractivity contribution in [3.05, 3.63) is 54.1 Å². The lowest BCUT2D eigenvalue weighted by molar-refractivity contribution is 0.309. The molecule has 0 aliphatic carbocycles. The molecule has 0 amide bonds. The minimum atomic E-state index is 0.734. The monoisotopic (exact) mass is 313 g/mol. The fourth-order valence-corrected chi connectivity index (χ4v) is 2.23. The van der Waals surface area contributed by atoms with Crippen LogP contribution in [0.2, 0.25) is 0 Å². The van der Waals surface area contributed by atoms with Crippen LogP contribution in [0.3, 0.4) is 0 Å². The lowest BCUT2D eigenvalue weighted by atomic mass is 10.2. The van der Waals surface area contributed by atoms with Gasteiger partial charge in [-0.05, 0) is 31.0 Å². The summed E-state index contributed by atoms with van der Waals surface area (Å²) < 4.78 is 11.6. The minimum Gasteiger partial charge on any atom is -0.494 e. The van der Waals surface area contributed by atoms with Crippen molar-refractivity contribution in [1.82, 2.24) is 0 Å². The molecule has 0 radical (unpaired) electrons. The van der Waals surface area contributed by atoms with E-state index in [1.54, 1.807) is 0 Å². The van der Waals surface area contributed by atoms with Crippen LogP contribution in [0.1, 0.15) is 38.7 Å². The zero-order valence-corrected chi connectivity index (χ0v) is 14.2. The van der Waals surface area contributed by atoms with Crippen molar-refractivity contribution >= 4 is 5.69 Å². The quantitative estimate of drug-likeness (QED) is 0.606. The zero-order valence-electron chi connectivity index (χ0n) is 14.2. The smallest absolute Gasteiger partial charge is 0.124 e. The van der Waals surface area contributed by atoms with Crippen LogP contribution >= 0.6 is 0 Å². The molecule has 0 fully saturated rings. The van der Waals surface area contributed by atoms with Crippen LogP contribution in [0.15, 0.2) is 48.5 Å². The summed E-state index contributed by atoms with van der Waals surface area (Å²) in [5.74, 6) is 1.87. The number of unbranched alkanes of at least 4 members (excludes halogenated alkanes) is 1. The average molecular weight is 313 g/mol. The number of nitrogens with one attached hydrogen (secondary N) is 1. The van der Waals surface area contributed by atoms with E-state index in [0.29, 0.717) is 0 Å². The molecule has 0 bridgehead atoms. The first-order chi connectivity index (χ1) is 11.3. The van der Waals surface area contributed by atoms with E-state index in [0.717, 1.165) is 56.2 Å². The summed E-state index contributed by atoms with van der Waals surface area (Å²) in [4.78, 5) is 0. The van der Waals surface area contributed by atoms with Gasteiger partial charge in [-0.3, -0.25) is 0 Å². The molecule has 0 aliphatic rings. The molecule has 3 heteroatoms. The Bertz CT molecular complexity index is 583. The lowest BCUT2D eigenvalue weighted by Gasteiger charge is -2.13. The van der Waals surface area contributed by atoms with Gasteiger partial charge in [-0.2, -0.15) is 0 Å². The molecule has 1 N–H and O–H groups in total. The van der Waals surface area contributed by atoms with E-state index in [1.807, 2.05) is 36.4 Å². The summed E-state index contributed by atoms with van der Waals surface area (Å²) in [6, 6.07) is 16.3. The van der Waals surface area contributed by atoms with E-state index in [-0.39, 0.29) is 0 Å². The van der Waals surface area contributed by atoms with Gasteiger partial charge in [0.25, 0.3) is 0 Å². The van der Waals surface area contributed by atoms with E-state index in [2.05, 4.69) is 31.3 Å². The Balaban J connectivity index is 1.94. The van der Waals surface area contributed by atoms with Gasteiger partial charge in [0.1, 0.15) is 11.5 Å². The molecule has 3 nitrogen and oxygen atoms in total. The number of ether oxygens (including phenoxy) is 2. The maximum atomic E-state index is 5.80. The molecule has 0 aromatic heterocycles. The second kappa shape index (κ2) is 9.78. The predicted octanol–water partition coefficient (Wildman–Crippen LogP) is 5.27. The topological polar surface area (TPSA) is 30.5 Å². The Kier molecular flexibility index (Phi) is 7.31. The summed E-state index contributed by atoms with van der Waals surface area (Å²) in [5, 5.41) is 3.45. The summed E-state index contributed by atoms with van der Waals surface area (Å²) in [6.45, 7) is 6.54. The van der Waals surface area contributed by atoms with Crippen LogP contribution in [0.4, 0.5) is 5.69 Å². The third-order valence-corrected chi connectivity index (χ3v) is 3.52. The normalized spacial score (nSPS) is 10.3. The molecule has 2 aromatic rings. The average Bonchev–Trinajstić information content (AvgIpc) is 2.59. The lowest BCUT2D eigenvalue weighted by Crippen LogP contribution is -2.04. The number of anilines is 1. The first-order valence-electron chi connectivity index (χ1n) is 8.51. The summed E-state index contributed by atoms with van der Waals surface area (Å²) in [6.07, 6.45) is 3.24. The molecule has 124 valence electrons. The maximum Gasteiger partial charge on any atom is 0.124 e. The number of para-hydroxylation sites is 1. The molecule has 0 spiro atoms. The SMILES string of the molecule is CCCCOc1cccc(NCc2ccccc2OCCC)c1. The molecular formula is C20H27NO2. The Morgan fingerprint density at radius 3 is 2.57 bits per heavy atom. The van der Waals surface area contributed by atoms with Crippen molar-refractivity contribution in [2.45, 2.75) is 39.7 Å². The van der Waals surface area contributed by atoms with E-state index < -0.39 is 0 Å². The van der Waals surface area contributed by atoms with Crippen molar-refractivity contribution in [3.8, 4) is 11.5 Å². The molecule has 0 saturated carbocycles. The molecular weight excluding hydrogens is 286 g/mol. The molecule has 0 atom stereocenters. The Morgan fingerprint density at radius 2 is 1.74 bits per heavy atom. The van der Waals surface area contributed by atoms with Crippen LogP contribution in [-0.4, -0.2) is 13.2 Å². The largest absolute Gasteiger partial charge is 0.494 e.